The van der Waals surface area contributed by atoms with Gasteiger partial charge in [0, 0.05) is 16.0 Å². The van der Waals surface area contributed by atoms with E-state index in [0.717, 1.165) is 0 Å². The zero-order chi connectivity index (χ0) is 18.4. The molecule has 0 heterocycles. The first kappa shape index (κ1) is 18.6. The van der Waals surface area contributed by atoms with Crippen LogP contribution in [0.3, 0.4) is 0 Å². The average Bonchev–Trinajstić information content (AvgIpc) is 2.60. The molecule has 0 aromatic heterocycles. The van der Waals surface area contributed by atoms with E-state index in [9.17, 15) is 9.50 Å². The third-order valence-corrected chi connectivity index (χ3v) is 3.59. The third-order valence-electron chi connectivity index (χ3n) is 3.59. The lowest BCUT2D eigenvalue weighted by Crippen LogP contribution is -2.31. The zero-order valence-electron chi connectivity index (χ0n) is 14.4. The Hall–Kier alpha value is -2.76. The van der Waals surface area contributed by atoms with Crippen LogP contribution < -0.4 is 9.47 Å². The maximum atomic E-state index is 14.4. The van der Waals surface area contributed by atoms with E-state index in [0.29, 0.717) is 28.2 Å². The number of azide groups is 1. The van der Waals surface area contributed by atoms with E-state index in [2.05, 4.69) is 10.0 Å². The molecule has 0 saturated heterocycles. The summed E-state index contributed by atoms with van der Waals surface area (Å²) < 4.78 is 25.5. The van der Waals surface area contributed by atoms with E-state index in [-0.39, 0.29) is 13.2 Å². The van der Waals surface area contributed by atoms with Gasteiger partial charge in [-0.15, -0.1) is 0 Å². The van der Waals surface area contributed by atoms with Gasteiger partial charge in [-0.1, -0.05) is 17.2 Å². The highest BCUT2D eigenvalue weighted by Crippen LogP contribution is 2.36. The van der Waals surface area contributed by atoms with Crippen LogP contribution in [0.2, 0.25) is 0 Å². The van der Waals surface area contributed by atoms with Crippen LogP contribution in [0.25, 0.3) is 21.6 Å². The summed E-state index contributed by atoms with van der Waals surface area (Å²) in [6.45, 7) is 3.46. The van der Waals surface area contributed by atoms with Gasteiger partial charge in [-0.25, -0.2) is 4.39 Å². The van der Waals surface area contributed by atoms with Gasteiger partial charge in [-0.2, -0.15) is 0 Å². The Morgan fingerprint density at radius 2 is 1.96 bits per heavy atom. The first-order chi connectivity index (χ1) is 11.9. The average molecular weight is 345 g/mol. The minimum atomic E-state index is -0.801. The van der Waals surface area contributed by atoms with Crippen molar-refractivity contribution >= 4 is 0 Å². The second-order valence-electron chi connectivity index (χ2n) is 6.09. The molecule has 0 aliphatic heterocycles. The molecular formula is C18H20FN3O3. The van der Waals surface area contributed by atoms with Crippen LogP contribution in [0.1, 0.15) is 19.4 Å². The maximum Gasteiger partial charge on any atom is 0.131 e. The number of aliphatic hydroxyl groups is 1. The highest BCUT2D eigenvalue weighted by Gasteiger charge is 2.22. The van der Waals surface area contributed by atoms with Crippen LogP contribution >= 0.6 is 0 Å². The molecule has 0 saturated carbocycles. The van der Waals surface area contributed by atoms with E-state index >= 15 is 0 Å². The molecule has 25 heavy (non-hydrogen) atoms. The molecule has 0 radical (unpaired) electrons. The summed E-state index contributed by atoms with van der Waals surface area (Å²) in [6, 6.07) is 9.46. The number of rotatable bonds is 7. The molecule has 2 aromatic rings. The fourth-order valence-electron chi connectivity index (χ4n) is 2.34. The molecule has 2 aromatic carbocycles. The molecule has 0 amide bonds. The van der Waals surface area contributed by atoms with Gasteiger partial charge in [0.2, 0.25) is 0 Å². The third kappa shape index (κ3) is 4.62. The monoisotopic (exact) mass is 345 g/mol. The Kier molecular flexibility index (Phi) is 5.85. The summed E-state index contributed by atoms with van der Waals surface area (Å²) in [5.74, 6) is 0.481. The van der Waals surface area contributed by atoms with Crippen LogP contribution in [0.15, 0.2) is 41.5 Å². The van der Waals surface area contributed by atoms with E-state index < -0.39 is 11.4 Å². The molecule has 2 rings (SSSR count). The maximum absolute atomic E-state index is 14.4. The summed E-state index contributed by atoms with van der Waals surface area (Å²) in [7, 11) is 1.51. The van der Waals surface area contributed by atoms with Crippen molar-refractivity contribution in [3.05, 3.63) is 58.2 Å². The first-order valence-corrected chi connectivity index (χ1v) is 7.68. The minimum absolute atomic E-state index is 0.104. The molecule has 0 atom stereocenters. The molecule has 0 fully saturated rings. The number of hydrogen-bond donors (Lipinski definition) is 1. The van der Waals surface area contributed by atoms with Crippen molar-refractivity contribution in [3.63, 3.8) is 0 Å². The Labute approximate surface area is 145 Å². The van der Waals surface area contributed by atoms with Gasteiger partial charge in [0.1, 0.15) is 22.9 Å². The lowest BCUT2D eigenvalue weighted by Gasteiger charge is -2.26. The number of aliphatic hydroxyl groups excluding tert-OH is 1. The minimum Gasteiger partial charge on any atom is -0.497 e. The highest BCUT2D eigenvalue weighted by atomic mass is 19.1. The summed E-state index contributed by atoms with van der Waals surface area (Å²) >= 11 is 0. The van der Waals surface area contributed by atoms with Crippen molar-refractivity contribution in [2.45, 2.75) is 26.1 Å². The summed E-state index contributed by atoms with van der Waals surface area (Å²) in [5, 5.41) is 12.9. The second kappa shape index (κ2) is 7.88. The number of methoxy groups -OCH3 is 1. The van der Waals surface area contributed by atoms with Crippen LogP contribution in [0.4, 0.5) is 4.39 Å². The zero-order valence-corrected chi connectivity index (χ0v) is 14.4. The topological polar surface area (TPSA) is 87.5 Å². The van der Waals surface area contributed by atoms with Crippen molar-refractivity contribution in [1.29, 1.82) is 0 Å². The van der Waals surface area contributed by atoms with Gasteiger partial charge in [-0.3, -0.25) is 0 Å². The second-order valence-corrected chi connectivity index (χ2v) is 6.09. The molecule has 132 valence electrons. The van der Waals surface area contributed by atoms with Crippen molar-refractivity contribution in [2.75, 3.05) is 13.7 Å². The lowest BCUT2D eigenvalue weighted by atomic mass is 10.0. The fraction of sp³-hybridized carbons (Fsp3) is 0.333. The molecule has 0 bridgehead atoms. The van der Waals surface area contributed by atoms with E-state index in [1.165, 1.54) is 19.2 Å². The molecular weight excluding hydrogens is 325 g/mol. The van der Waals surface area contributed by atoms with Gasteiger partial charge >= 0.3 is 0 Å². The first-order valence-electron chi connectivity index (χ1n) is 7.68. The van der Waals surface area contributed by atoms with Crippen molar-refractivity contribution in [1.82, 2.24) is 0 Å². The Bertz CT molecular complexity index is 802. The molecule has 1 N–H and O–H groups in total. The number of ether oxygens (including phenoxy) is 2. The van der Waals surface area contributed by atoms with Crippen molar-refractivity contribution in [2.24, 2.45) is 5.11 Å². The SMILES string of the molecule is COc1ccc(F)c(-c2ccc(CO)cc2OC(C)(C)CN=[N+]=[N-])c1. The number of halogens is 1. The largest absolute Gasteiger partial charge is 0.497 e. The summed E-state index contributed by atoms with van der Waals surface area (Å²) in [4.78, 5) is 2.74. The Morgan fingerprint density at radius 1 is 1.20 bits per heavy atom. The number of hydrogen-bond acceptors (Lipinski definition) is 4. The fourth-order valence-corrected chi connectivity index (χ4v) is 2.34. The van der Waals surface area contributed by atoms with Gasteiger partial charge in [0.05, 0.1) is 20.3 Å². The quantitative estimate of drug-likeness (QED) is 0.456. The standard InChI is InChI=1S/C18H20FN3O3/c1-18(2,11-21-22-20)25-17-8-12(10-23)4-6-14(17)15-9-13(24-3)5-7-16(15)19/h4-9,23H,10-11H2,1-3H3. The van der Waals surface area contributed by atoms with Gasteiger partial charge < -0.3 is 14.6 Å². The predicted octanol–water partition coefficient (Wildman–Crippen LogP) is 4.46. The normalized spacial score (nSPS) is 10.9. The molecule has 0 aliphatic carbocycles. The molecule has 7 heteroatoms. The van der Waals surface area contributed by atoms with E-state index in [1.807, 2.05) is 0 Å². The van der Waals surface area contributed by atoms with E-state index in [1.54, 1.807) is 38.1 Å². The lowest BCUT2D eigenvalue weighted by molar-refractivity contribution is 0.119. The molecule has 0 aliphatic rings. The Balaban J connectivity index is 2.53. The van der Waals surface area contributed by atoms with Crippen LogP contribution in [-0.2, 0) is 6.61 Å². The van der Waals surface area contributed by atoms with Crippen LogP contribution in [-0.4, -0.2) is 24.4 Å². The van der Waals surface area contributed by atoms with Crippen LogP contribution in [0, 0.1) is 5.82 Å². The summed E-state index contributed by atoms with van der Waals surface area (Å²) in [6.07, 6.45) is 0. The van der Waals surface area contributed by atoms with Gasteiger partial charge in [-0.05, 0) is 49.2 Å². The number of benzene rings is 2. The van der Waals surface area contributed by atoms with Gasteiger partial charge in [0.25, 0.3) is 0 Å². The molecule has 0 unspecified atom stereocenters. The summed E-state index contributed by atoms with van der Waals surface area (Å²) in [5.41, 5.74) is 9.17. The molecule has 0 spiro atoms. The van der Waals surface area contributed by atoms with E-state index in [4.69, 9.17) is 15.0 Å². The highest BCUT2D eigenvalue weighted by molar-refractivity contribution is 5.72. The van der Waals surface area contributed by atoms with Gasteiger partial charge in [0.15, 0.2) is 0 Å². The number of nitrogens with zero attached hydrogens (tertiary/aromatic N) is 3. The molecule has 6 nitrogen and oxygen atoms in total. The van der Waals surface area contributed by atoms with Crippen molar-refractivity contribution in [3.8, 4) is 22.6 Å². The smallest absolute Gasteiger partial charge is 0.131 e. The van der Waals surface area contributed by atoms with Crippen LogP contribution in [0.5, 0.6) is 11.5 Å². The Morgan fingerprint density at radius 3 is 2.60 bits per heavy atom. The van der Waals surface area contributed by atoms with Crippen molar-refractivity contribution < 1.29 is 19.0 Å². The predicted molar refractivity (Wildman–Crippen MR) is 93.0 cm³/mol.